The number of aliphatic hydroxyl groups excluding tert-OH is 1. The highest BCUT2D eigenvalue weighted by Gasteiger charge is 2.72. The van der Waals surface area contributed by atoms with Crippen molar-refractivity contribution in [3.05, 3.63) is 11.6 Å². The Bertz CT molecular complexity index is 630. The van der Waals surface area contributed by atoms with Crippen molar-refractivity contribution >= 4 is 5.97 Å². The third-order valence-electron chi connectivity index (χ3n) is 8.32. The molecular formula is C20H30O5. The molecule has 0 aromatic heterocycles. The molecule has 0 aromatic rings. The second-order valence-electron chi connectivity index (χ2n) is 9.45. The van der Waals surface area contributed by atoms with Crippen LogP contribution in [0.4, 0.5) is 0 Å². The minimum absolute atomic E-state index is 0.0181. The summed E-state index contributed by atoms with van der Waals surface area (Å²) in [4.78, 5) is 24.1. The van der Waals surface area contributed by atoms with Crippen molar-refractivity contribution in [3.63, 3.8) is 0 Å². The lowest BCUT2D eigenvalue weighted by molar-refractivity contribution is -0.496. The van der Waals surface area contributed by atoms with Crippen LogP contribution in [0.25, 0.3) is 0 Å². The van der Waals surface area contributed by atoms with E-state index in [4.69, 9.17) is 9.78 Å². The predicted octanol–water partition coefficient (Wildman–Crippen LogP) is 3.46. The summed E-state index contributed by atoms with van der Waals surface area (Å²) >= 11 is 0. The molecule has 140 valence electrons. The standard InChI is InChI=1S/C20H30O5/c1-12(2)19-10-11-20(25-24-19)13(15(19)21)6-7-14-17(3,16(22)23)8-5-9-18(14,20)4/h6,12,14-15,21H,5,7-11H2,1-4H3,(H,22,23)/t14-,15-,17+,18-,19-,20-/m0/s1. The van der Waals surface area contributed by atoms with Gasteiger partial charge >= 0.3 is 5.97 Å². The largest absolute Gasteiger partial charge is 0.481 e. The van der Waals surface area contributed by atoms with Gasteiger partial charge in [-0.2, -0.15) is 0 Å². The van der Waals surface area contributed by atoms with Crippen molar-refractivity contribution in [3.8, 4) is 0 Å². The summed E-state index contributed by atoms with van der Waals surface area (Å²) in [5, 5.41) is 21.1. The van der Waals surface area contributed by atoms with Gasteiger partial charge in [0.1, 0.15) is 17.3 Å². The fraction of sp³-hybridized carbons (Fsp3) is 0.850. The summed E-state index contributed by atoms with van der Waals surface area (Å²) in [7, 11) is 0. The van der Waals surface area contributed by atoms with Crippen LogP contribution in [0.1, 0.15) is 66.2 Å². The summed E-state index contributed by atoms with van der Waals surface area (Å²) in [6, 6.07) is 0. The van der Waals surface area contributed by atoms with E-state index in [-0.39, 0.29) is 17.3 Å². The second kappa shape index (κ2) is 5.08. The molecule has 6 atom stereocenters. The van der Waals surface area contributed by atoms with Gasteiger partial charge in [0.05, 0.1) is 5.41 Å². The van der Waals surface area contributed by atoms with Crippen LogP contribution in [0.15, 0.2) is 11.6 Å². The summed E-state index contributed by atoms with van der Waals surface area (Å²) in [5.74, 6) is -0.598. The Balaban J connectivity index is 1.84. The molecule has 2 aliphatic heterocycles. The molecule has 5 heteroatoms. The Hall–Kier alpha value is -0.910. The van der Waals surface area contributed by atoms with Crippen LogP contribution < -0.4 is 0 Å². The third-order valence-corrected chi connectivity index (χ3v) is 8.32. The zero-order valence-electron chi connectivity index (χ0n) is 15.7. The molecule has 3 aliphatic carbocycles. The van der Waals surface area contributed by atoms with E-state index < -0.39 is 28.7 Å². The molecule has 0 unspecified atom stereocenters. The summed E-state index contributed by atoms with van der Waals surface area (Å²) in [6.45, 7) is 8.16. The lowest BCUT2D eigenvalue weighted by Crippen LogP contribution is -2.73. The van der Waals surface area contributed by atoms with E-state index in [9.17, 15) is 15.0 Å². The number of hydrogen-bond acceptors (Lipinski definition) is 4. The van der Waals surface area contributed by atoms with E-state index in [1.54, 1.807) is 0 Å². The average molecular weight is 350 g/mol. The molecule has 2 bridgehead atoms. The van der Waals surface area contributed by atoms with E-state index in [1.807, 2.05) is 6.92 Å². The maximum atomic E-state index is 12.1. The first-order valence-electron chi connectivity index (χ1n) is 9.63. The van der Waals surface area contributed by atoms with Gasteiger partial charge in [0.15, 0.2) is 0 Å². The molecule has 0 radical (unpaired) electrons. The van der Waals surface area contributed by atoms with Crippen LogP contribution in [0.2, 0.25) is 0 Å². The number of carboxylic acid groups (broad SMARTS) is 1. The second-order valence-corrected chi connectivity index (χ2v) is 9.45. The van der Waals surface area contributed by atoms with Gasteiger partial charge in [-0.1, -0.05) is 33.3 Å². The zero-order valence-corrected chi connectivity index (χ0v) is 15.7. The molecule has 2 saturated heterocycles. The number of hydrogen-bond donors (Lipinski definition) is 2. The van der Waals surface area contributed by atoms with E-state index in [2.05, 4.69) is 26.8 Å². The topological polar surface area (TPSA) is 76.0 Å². The van der Waals surface area contributed by atoms with Gasteiger partial charge in [-0.15, -0.1) is 0 Å². The van der Waals surface area contributed by atoms with E-state index >= 15 is 0 Å². The highest BCUT2D eigenvalue weighted by Crippen LogP contribution is 2.68. The summed E-state index contributed by atoms with van der Waals surface area (Å²) in [5.41, 5.74) is -1.54. The third kappa shape index (κ3) is 1.82. The molecule has 1 spiro atoms. The number of allylic oxidation sites excluding steroid dienone is 1. The predicted molar refractivity (Wildman–Crippen MR) is 91.6 cm³/mol. The Morgan fingerprint density at radius 1 is 1.20 bits per heavy atom. The van der Waals surface area contributed by atoms with Gasteiger partial charge in [0.25, 0.3) is 0 Å². The number of fused-ring (bicyclic) bond motifs is 3. The van der Waals surface area contributed by atoms with Crippen LogP contribution in [0.5, 0.6) is 0 Å². The molecule has 5 aliphatic rings. The van der Waals surface area contributed by atoms with Gasteiger partial charge in [-0.05, 0) is 56.4 Å². The molecule has 4 fully saturated rings. The van der Waals surface area contributed by atoms with E-state index in [0.717, 1.165) is 31.3 Å². The van der Waals surface area contributed by atoms with Crippen LogP contribution in [-0.2, 0) is 14.6 Å². The van der Waals surface area contributed by atoms with E-state index in [1.165, 1.54) is 0 Å². The van der Waals surface area contributed by atoms with Crippen molar-refractivity contribution in [2.45, 2.75) is 83.5 Å². The maximum Gasteiger partial charge on any atom is 0.309 e. The Kier molecular flexibility index (Phi) is 3.56. The van der Waals surface area contributed by atoms with Crippen molar-refractivity contribution in [1.29, 1.82) is 0 Å². The van der Waals surface area contributed by atoms with Crippen molar-refractivity contribution < 1.29 is 24.8 Å². The first kappa shape index (κ1) is 17.5. The first-order chi connectivity index (χ1) is 11.6. The zero-order chi connectivity index (χ0) is 18.3. The lowest BCUT2D eigenvalue weighted by Gasteiger charge is -2.67. The SMILES string of the molecule is CC(C)[C@]12CC[C@]3(OO1)C(=CC[C@H]1[C@](C)(C(=O)O)CCC[C@@]13C)[C@@H]2O. The average Bonchev–Trinajstić information content (AvgIpc) is 2.56. The quantitative estimate of drug-likeness (QED) is 0.589. The number of rotatable bonds is 2. The van der Waals surface area contributed by atoms with Crippen molar-refractivity contribution in [1.82, 2.24) is 0 Å². The summed E-state index contributed by atoms with van der Waals surface area (Å²) < 4.78 is 0. The fourth-order valence-corrected chi connectivity index (χ4v) is 6.53. The molecule has 2 saturated carbocycles. The maximum absolute atomic E-state index is 12.1. The van der Waals surface area contributed by atoms with Gasteiger partial charge in [-0.3, -0.25) is 4.79 Å². The van der Waals surface area contributed by atoms with Gasteiger partial charge < -0.3 is 10.2 Å². The molecule has 2 N–H and O–H groups in total. The van der Waals surface area contributed by atoms with Crippen LogP contribution in [0.3, 0.4) is 0 Å². The van der Waals surface area contributed by atoms with Crippen molar-refractivity contribution in [2.75, 3.05) is 0 Å². The number of carbonyl (C=O) groups is 1. The lowest BCUT2D eigenvalue weighted by atomic mass is 9.43. The number of aliphatic hydroxyl groups is 1. The Morgan fingerprint density at radius 2 is 1.92 bits per heavy atom. The molecule has 2 heterocycles. The highest BCUT2D eigenvalue weighted by molar-refractivity contribution is 5.75. The Morgan fingerprint density at radius 3 is 2.48 bits per heavy atom. The van der Waals surface area contributed by atoms with Gasteiger partial charge in [-0.25, -0.2) is 9.78 Å². The van der Waals surface area contributed by atoms with Gasteiger partial charge in [0.2, 0.25) is 0 Å². The van der Waals surface area contributed by atoms with Gasteiger partial charge in [0, 0.05) is 5.41 Å². The molecule has 5 nitrogen and oxygen atoms in total. The summed E-state index contributed by atoms with van der Waals surface area (Å²) in [6.07, 6.45) is 6.08. The van der Waals surface area contributed by atoms with Crippen LogP contribution in [-0.4, -0.2) is 33.5 Å². The molecular weight excluding hydrogens is 320 g/mol. The number of carboxylic acids is 1. The van der Waals surface area contributed by atoms with E-state index in [0.29, 0.717) is 12.8 Å². The smallest absolute Gasteiger partial charge is 0.309 e. The van der Waals surface area contributed by atoms with Crippen LogP contribution in [0, 0.1) is 22.7 Å². The minimum atomic E-state index is -0.762. The van der Waals surface area contributed by atoms with Crippen LogP contribution >= 0.6 is 0 Å². The molecule has 25 heavy (non-hydrogen) atoms. The molecule has 5 rings (SSSR count). The van der Waals surface area contributed by atoms with Crippen molar-refractivity contribution in [2.24, 2.45) is 22.7 Å². The normalized spacial score (nSPS) is 51.7. The first-order valence-corrected chi connectivity index (χ1v) is 9.63. The Labute approximate surface area is 149 Å². The monoisotopic (exact) mass is 350 g/mol. The molecule has 0 amide bonds. The minimum Gasteiger partial charge on any atom is -0.481 e. The molecule has 0 aromatic carbocycles. The fourth-order valence-electron chi connectivity index (χ4n) is 6.53. The number of aliphatic carboxylic acids is 1. The highest BCUT2D eigenvalue weighted by atomic mass is 17.2.